The van der Waals surface area contributed by atoms with Crippen LogP contribution in [0.4, 0.5) is 0 Å². The number of aryl methyl sites for hydroxylation is 2. The lowest BCUT2D eigenvalue weighted by Crippen LogP contribution is -2.50. The van der Waals surface area contributed by atoms with Crippen molar-refractivity contribution < 1.29 is 14.0 Å². The average molecular weight is 330 g/mol. The van der Waals surface area contributed by atoms with Gasteiger partial charge in [0.15, 0.2) is 0 Å². The first kappa shape index (κ1) is 18.5. The molecule has 22 heavy (non-hydrogen) atoms. The monoisotopic (exact) mass is 329 g/mol. The number of rotatable bonds is 4. The van der Waals surface area contributed by atoms with E-state index < -0.39 is 0 Å². The van der Waals surface area contributed by atoms with Crippen LogP contribution in [0.2, 0.25) is 0 Å². The third-order valence-corrected chi connectivity index (χ3v) is 3.79. The van der Waals surface area contributed by atoms with Gasteiger partial charge in [0.25, 0.3) is 5.91 Å². The molecule has 0 bridgehead atoms. The molecule has 1 aliphatic heterocycles. The lowest BCUT2D eigenvalue weighted by Gasteiger charge is -2.34. The summed E-state index contributed by atoms with van der Waals surface area (Å²) < 4.78 is 5.41. The molecule has 6 nitrogen and oxygen atoms in total. The van der Waals surface area contributed by atoms with E-state index in [0.717, 1.165) is 5.76 Å². The Morgan fingerprint density at radius 1 is 1.18 bits per heavy atom. The highest BCUT2D eigenvalue weighted by molar-refractivity contribution is 5.95. The normalized spacial score (nSPS) is 14.7. The Bertz CT molecular complexity index is 522. The molecule has 0 saturated carbocycles. The van der Waals surface area contributed by atoms with Crippen LogP contribution in [0.1, 0.15) is 34.7 Å². The van der Waals surface area contributed by atoms with E-state index in [1.165, 1.54) is 0 Å². The number of hydrogen-bond donors (Lipinski definition) is 1. The van der Waals surface area contributed by atoms with Crippen LogP contribution in [0.5, 0.6) is 0 Å². The third kappa shape index (κ3) is 4.24. The van der Waals surface area contributed by atoms with Crippen LogP contribution in [0, 0.1) is 13.8 Å². The molecule has 2 N–H and O–H groups in total. The van der Waals surface area contributed by atoms with Crippen LogP contribution in [0.25, 0.3) is 0 Å². The fourth-order valence-electron chi connectivity index (χ4n) is 2.58. The van der Waals surface area contributed by atoms with Crippen molar-refractivity contribution in [3.63, 3.8) is 0 Å². The van der Waals surface area contributed by atoms with Crippen LogP contribution < -0.4 is 5.73 Å². The lowest BCUT2D eigenvalue weighted by molar-refractivity contribution is -0.132. The van der Waals surface area contributed by atoms with Crippen LogP contribution in [-0.2, 0) is 4.79 Å². The molecular formula is C15H24ClN3O3. The van der Waals surface area contributed by atoms with E-state index in [-0.39, 0.29) is 24.2 Å². The van der Waals surface area contributed by atoms with Crippen LogP contribution in [0.15, 0.2) is 10.5 Å². The number of carbonyl (C=O) groups excluding carboxylic acids is 2. The van der Waals surface area contributed by atoms with E-state index in [0.29, 0.717) is 56.9 Å². The molecule has 0 aromatic carbocycles. The Balaban J connectivity index is 0.00000242. The molecule has 1 saturated heterocycles. The van der Waals surface area contributed by atoms with Gasteiger partial charge in [0.1, 0.15) is 11.5 Å². The van der Waals surface area contributed by atoms with Gasteiger partial charge < -0.3 is 20.0 Å². The number of furan rings is 1. The molecule has 0 atom stereocenters. The molecule has 124 valence electrons. The number of halogens is 1. The summed E-state index contributed by atoms with van der Waals surface area (Å²) in [5.41, 5.74) is 6.04. The third-order valence-electron chi connectivity index (χ3n) is 3.79. The van der Waals surface area contributed by atoms with Crippen molar-refractivity contribution in [2.45, 2.75) is 26.7 Å². The minimum absolute atomic E-state index is 0. The summed E-state index contributed by atoms with van der Waals surface area (Å²) in [4.78, 5) is 27.9. The van der Waals surface area contributed by atoms with E-state index in [9.17, 15) is 9.59 Å². The number of piperazine rings is 1. The molecule has 0 spiro atoms. The van der Waals surface area contributed by atoms with Gasteiger partial charge in [-0.25, -0.2) is 0 Å². The lowest BCUT2D eigenvalue weighted by atomic mass is 10.2. The highest BCUT2D eigenvalue weighted by Crippen LogP contribution is 2.17. The molecule has 0 unspecified atom stereocenters. The Morgan fingerprint density at radius 2 is 1.77 bits per heavy atom. The van der Waals surface area contributed by atoms with Gasteiger partial charge in [0, 0.05) is 32.6 Å². The Kier molecular flexibility index (Phi) is 6.90. The first-order valence-corrected chi connectivity index (χ1v) is 7.37. The molecule has 1 aromatic rings. The topological polar surface area (TPSA) is 79.8 Å². The largest absolute Gasteiger partial charge is 0.466 e. The summed E-state index contributed by atoms with van der Waals surface area (Å²) >= 11 is 0. The summed E-state index contributed by atoms with van der Waals surface area (Å²) in [5, 5.41) is 0. The maximum Gasteiger partial charge on any atom is 0.257 e. The van der Waals surface area contributed by atoms with Gasteiger partial charge in [0.2, 0.25) is 5.91 Å². The summed E-state index contributed by atoms with van der Waals surface area (Å²) in [6, 6.07) is 1.77. The quantitative estimate of drug-likeness (QED) is 0.904. The van der Waals surface area contributed by atoms with E-state index in [1.807, 2.05) is 11.8 Å². The number of nitrogens with two attached hydrogens (primary N) is 1. The molecule has 1 aromatic heterocycles. The van der Waals surface area contributed by atoms with E-state index in [1.54, 1.807) is 17.9 Å². The van der Waals surface area contributed by atoms with Crippen molar-refractivity contribution in [2.24, 2.45) is 5.73 Å². The molecule has 2 heterocycles. The maximum atomic E-state index is 12.4. The molecular weight excluding hydrogens is 306 g/mol. The van der Waals surface area contributed by atoms with Gasteiger partial charge >= 0.3 is 0 Å². The Labute approximate surface area is 137 Å². The SMILES string of the molecule is Cc1cc(C(=O)N2CCN(C(=O)CCCN)CC2)c(C)o1.Cl. The zero-order valence-electron chi connectivity index (χ0n) is 13.1. The highest BCUT2D eigenvalue weighted by atomic mass is 35.5. The molecule has 2 amide bonds. The van der Waals surface area contributed by atoms with Crippen LogP contribution in [-0.4, -0.2) is 54.3 Å². The summed E-state index contributed by atoms with van der Waals surface area (Å²) in [5.74, 6) is 1.51. The van der Waals surface area contributed by atoms with Crippen molar-refractivity contribution >= 4 is 24.2 Å². The second-order valence-corrected chi connectivity index (χ2v) is 5.39. The zero-order chi connectivity index (χ0) is 15.4. The van der Waals surface area contributed by atoms with Crippen molar-refractivity contribution in [3.05, 3.63) is 23.2 Å². The standard InChI is InChI=1S/C15H23N3O3.ClH/c1-11-10-13(12(2)21-11)15(20)18-8-6-17(7-9-18)14(19)4-3-5-16;/h10H,3-9,16H2,1-2H3;1H. The first-order chi connectivity index (χ1) is 10.0. The molecule has 0 radical (unpaired) electrons. The number of carbonyl (C=O) groups is 2. The van der Waals surface area contributed by atoms with Gasteiger partial charge in [0.05, 0.1) is 5.56 Å². The molecule has 2 rings (SSSR count). The van der Waals surface area contributed by atoms with Crippen LogP contribution in [0.3, 0.4) is 0 Å². The molecule has 7 heteroatoms. The van der Waals surface area contributed by atoms with Gasteiger partial charge in [-0.15, -0.1) is 12.4 Å². The van der Waals surface area contributed by atoms with E-state index in [2.05, 4.69) is 0 Å². The maximum absolute atomic E-state index is 12.4. The number of hydrogen-bond acceptors (Lipinski definition) is 4. The molecule has 0 aliphatic carbocycles. The summed E-state index contributed by atoms with van der Waals surface area (Å²) in [6.45, 7) is 6.47. The zero-order valence-corrected chi connectivity index (χ0v) is 13.9. The highest BCUT2D eigenvalue weighted by Gasteiger charge is 2.26. The fraction of sp³-hybridized carbons (Fsp3) is 0.600. The van der Waals surface area contributed by atoms with Gasteiger partial charge in [-0.05, 0) is 32.9 Å². The fourth-order valence-corrected chi connectivity index (χ4v) is 2.58. The van der Waals surface area contributed by atoms with Crippen LogP contribution >= 0.6 is 12.4 Å². The van der Waals surface area contributed by atoms with Crippen molar-refractivity contribution in [3.8, 4) is 0 Å². The van der Waals surface area contributed by atoms with E-state index in [4.69, 9.17) is 10.2 Å². The minimum Gasteiger partial charge on any atom is -0.466 e. The number of amides is 2. The Morgan fingerprint density at radius 3 is 2.27 bits per heavy atom. The Hall–Kier alpha value is -1.53. The van der Waals surface area contributed by atoms with Gasteiger partial charge in [-0.2, -0.15) is 0 Å². The predicted octanol–water partition coefficient (Wildman–Crippen LogP) is 1.34. The molecule has 1 aliphatic rings. The molecule has 1 fully saturated rings. The van der Waals surface area contributed by atoms with Gasteiger partial charge in [-0.1, -0.05) is 0 Å². The smallest absolute Gasteiger partial charge is 0.257 e. The van der Waals surface area contributed by atoms with Gasteiger partial charge in [-0.3, -0.25) is 9.59 Å². The second kappa shape index (κ2) is 8.19. The number of nitrogens with zero attached hydrogens (tertiary/aromatic N) is 2. The van der Waals surface area contributed by atoms with Crippen molar-refractivity contribution in [2.75, 3.05) is 32.7 Å². The average Bonchev–Trinajstić information content (AvgIpc) is 2.83. The summed E-state index contributed by atoms with van der Waals surface area (Å²) in [6.07, 6.45) is 1.20. The second-order valence-electron chi connectivity index (χ2n) is 5.39. The first-order valence-electron chi connectivity index (χ1n) is 7.37. The van der Waals surface area contributed by atoms with Crippen molar-refractivity contribution in [1.82, 2.24) is 9.80 Å². The predicted molar refractivity (Wildman–Crippen MR) is 86.2 cm³/mol. The van der Waals surface area contributed by atoms with E-state index >= 15 is 0 Å². The van der Waals surface area contributed by atoms with Crippen molar-refractivity contribution in [1.29, 1.82) is 0 Å². The summed E-state index contributed by atoms with van der Waals surface area (Å²) in [7, 11) is 0. The minimum atomic E-state index is -0.0154.